The third-order valence-electron chi connectivity index (χ3n) is 4.93. The first kappa shape index (κ1) is 16.7. The van der Waals surface area contributed by atoms with Crippen LogP contribution in [0.2, 0.25) is 0 Å². The lowest BCUT2D eigenvalue weighted by Crippen LogP contribution is -2.36. The molecule has 0 unspecified atom stereocenters. The topological polar surface area (TPSA) is 54.1 Å². The first-order chi connectivity index (χ1) is 12.4. The molecule has 0 radical (unpaired) electrons. The van der Waals surface area contributed by atoms with Crippen molar-refractivity contribution in [3.05, 3.63) is 71.4 Å². The van der Waals surface area contributed by atoms with E-state index in [1.807, 2.05) is 32.9 Å². The molecule has 26 heavy (non-hydrogen) atoms. The van der Waals surface area contributed by atoms with E-state index in [-0.39, 0.29) is 18.1 Å². The lowest BCUT2D eigenvalue weighted by molar-refractivity contribution is 0.0498. The van der Waals surface area contributed by atoms with Crippen molar-refractivity contribution in [1.82, 2.24) is 10.3 Å². The van der Waals surface area contributed by atoms with Crippen LogP contribution in [0, 0.1) is 0 Å². The largest absolute Gasteiger partial charge is 0.444 e. The summed E-state index contributed by atoms with van der Waals surface area (Å²) in [5.41, 5.74) is 4.29. The van der Waals surface area contributed by atoms with Gasteiger partial charge in [0.25, 0.3) is 0 Å². The van der Waals surface area contributed by atoms with Crippen molar-refractivity contribution < 1.29 is 9.53 Å². The van der Waals surface area contributed by atoms with E-state index in [1.54, 1.807) is 0 Å². The molecule has 1 aliphatic carbocycles. The third kappa shape index (κ3) is 3.07. The van der Waals surface area contributed by atoms with Crippen LogP contribution in [0.5, 0.6) is 0 Å². The van der Waals surface area contributed by atoms with Gasteiger partial charge in [0, 0.05) is 23.0 Å². The normalized spacial score (nSPS) is 19.3. The SMILES string of the molecule is CC(C)(C)OC(=O)N[C@@H]1c2ccccc2C[C@H]1c1c[nH]c2ccccc12. The predicted octanol–water partition coefficient (Wildman–Crippen LogP) is 5.07. The molecule has 0 saturated heterocycles. The summed E-state index contributed by atoms with van der Waals surface area (Å²) in [6, 6.07) is 16.5. The zero-order valence-corrected chi connectivity index (χ0v) is 15.4. The summed E-state index contributed by atoms with van der Waals surface area (Å²) in [5, 5.41) is 4.33. The third-order valence-corrected chi connectivity index (χ3v) is 4.93. The maximum atomic E-state index is 12.5. The second-order valence-electron chi connectivity index (χ2n) is 7.92. The molecule has 4 rings (SSSR count). The number of para-hydroxylation sites is 1. The van der Waals surface area contributed by atoms with Gasteiger partial charge in [-0.2, -0.15) is 0 Å². The van der Waals surface area contributed by atoms with E-state index in [1.165, 1.54) is 22.1 Å². The van der Waals surface area contributed by atoms with Crippen molar-refractivity contribution in [2.45, 2.75) is 44.8 Å². The fourth-order valence-corrected chi connectivity index (χ4v) is 3.90. The number of benzene rings is 2. The van der Waals surface area contributed by atoms with Gasteiger partial charge in [-0.3, -0.25) is 0 Å². The number of nitrogens with one attached hydrogen (secondary N) is 2. The van der Waals surface area contributed by atoms with Crippen molar-refractivity contribution in [2.24, 2.45) is 0 Å². The number of carbonyl (C=O) groups excluding carboxylic acids is 1. The Bertz CT molecular complexity index is 952. The monoisotopic (exact) mass is 348 g/mol. The van der Waals surface area contributed by atoms with Gasteiger partial charge in [0.15, 0.2) is 0 Å². The van der Waals surface area contributed by atoms with Crippen LogP contribution in [-0.4, -0.2) is 16.7 Å². The Balaban J connectivity index is 1.70. The Labute approximate surface area is 153 Å². The highest BCUT2D eigenvalue weighted by molar-refractivity contribution is 5.84. The predicted molar refractivity (Wildman–Crippen MR) is 103 cm³/mol. The highest BCUT2D eigenvalue weighted by Gasteiger charge is 2.36. The summed E-state index contributed by atoms with van der Waals surface area (Å²) in [6.07, 6.45) is 2.60. The molecule has 2 N–H and O–H groups in total. The molecule has 3 aromatic rings. The summed E-state index contributed by atoms with van der Waals surface area (Å²) in [4.78, 5) is 15.8. The van der Waals surface area contributed by atoms with Crippen molar-refractivity contribution in [3.63, 3.8) is 0 Å². The standard InChI is InChI=1S/C22H24N2O2/c1-22(2,3)26-21(25)24-20-15-9-5-4-8-14(15)12-17(20)18-13-23-19-11-7-6-10-16(18)19/h4-11,13,17,20,23H,12H2,1-3H3,(H,24,25)/t17-,20+/m0/s1. The van der Waals surface area contributed by atoms with Gasteiger partial charge in [-0.15, -0.1) is 0 Å². The quantitative estimate of drug-likeness (QED) is 0.679. The van der Waals surface area contributed by atoms with Gasteiger partial charge in [-0.05, 0) is 49.9 Å². The van der Waals surface area contributed by atoms with E-state index in [9.17, 15) is 4.79 Å². The van der Waals surface area contributed by atoms with E-state index < -0.39 is 5.60 Å². The number of amides is 1. The van der Waals surface area contributed by atoms with Crippen LogP contribution in [0.1, 0.15) is 49.4 Å². The van der Waals surface area contributed by atoms with Gasteiger partial charge in [-0.1, -0.05) is 42.5 Å². The number of H-pyrrole nitrogens is 1. The summed E-state index contributed by atoms with van der Waals surface area (Å²) in [6.45, 7) is 5.64. The molecule has 1 aromatic heterocycles. The van der Waals surface area contributed by atoms with E-state index >= 15 is 0 Å². The molecule has 0 aliphatic heterocycles. The number of hydrogen-bond acceptors (Lipinski definition) is 2. The summed E-state index contributed by atoms with van der Waals surface area (Å²) >= 11 is 0. The molecule has 0 saturated carbocycles. The smallest absolute Gasteiger partial charge is 0.408 e. The minimum absolute atomic E-state index is 0.0970. The molecular weight excluding hydrogens is 324 g/mol. The molecule has 0 fully saturated rings. The lowest BCUT2D eigenvalue weighted by Gasteiger charge is -2.25. The van der Waals surface area contributed by atoms with Crippen molar-refractivity contribution >= 4 is 17.0 Å². The summed E-state index contributed by atoms with van der Waals surface area (Å²) in [7, 11) is 0. The first-order valence-corrected chi connectivity index (χ1v) is 9.06. The van der Waals surface area contributed by atoms with Gasteiger partial charge in [0.2, 0.25) is 0 Å². The van der Waals surface area contributed by atoms with E-state index in [4.69, 9.17) is 4.74 Å². The minimum Gasteiger partial charge on any atom is -0.444 e. The van der Waals surface area contributed by atoms with Gasteiger partial charge in [-0.25, -0.2) is 4.79 Å². The second-order valence-corrected chi connectivity index (χ2v) is 7.92. The number of ether oxygens (including phenoxy) is 1. The average molecular weight is 348 g/mol. The molecule has 1 heterocycles. The molecule has 134 valence electrons. The number of alkyl carbamates (subject to hydrolysis) is 1. The number of hydrogen-bond donors (Lipinski definition) is 2. The lowest BCUT2D eigenvalue weighted by atomic mass is 9.92. The van der Waals surface area contributed by atoms with E-state index in [0.717, 1.165) is 11.9 Å². The van der Waals surface area contributed by atoms with E-state index in [2.05, 4.69) is 52.9 Å². The summed E-state index contributed by atoms with van der Waals surface area (Å²) < 4.78 is 5.51. The number of aromatic nitrogens is 1. The molecule has 0 spiro atoms. The maximum Gasteiger partial charge on any atom is 0.408 e. The Morgan fingerprint density at radius 1 is 1.08 bits per heavy atom. The molecule has 4 heteroatoms. The second kappa shape index (κ2) is 6.20. The number of rotatable bonds is 2. The molecular formula is C22H24N2O2. The Hall–Kier alpha value is -2.75. The molecule has 0 bridgehead atoms. The Morgan fingerprint density at radius 2 is 1.81 bits per heavy atom. The summed E-state index contributed by atoms with van der Waals surface area (Å²) in [5.74, 6) is 0.177. The maximum absolute atomic E-state index is 12.5. The minimum atomic E-state index is -0.515. The van der Waals surface area contributed by atoms with Crippen LogP contribution < -0.4 is 5.32 Å². The van der Waals surface area contributed by atoms with Crippen molar-refractivity contribution in [3.8, 4) is 0 Å². The van der Waals surface area contributed by atoms with Gasteiger partial charge in [0.05, 0.1) is 6.04 Å². The van der Waals surface area contributed by atoms with Crippen LogP contribution in [-0.2, 0) is 11.2 Å². The van der Waals surface area contributed by atoms with Crippen LogP contribution in [0.3, 0.4) is 0 Å². The fraction of sp³-hybridized carbons (Fsp3) is 0.318. The first-order valence-electron chi connectivity index (χ1n) is 9.06. The van der Waals surface area contributed by atoms with Crippen LogP contribution >= 0.6 is 0 Å². The Kier molecular flexibility index (Phi) is 3.98. The highest BCUT2D eigenvalue weighted by Crippen LogP contribution is 2.44. The van der Waals surface area contributed by atoms with E-state index in [0.29, 0.717) is 0 Å². The van der Waals surface area contributed by atoms with Crippen molar-refractivity contribution in [2.75, 3.05) is 0 Å². The molecule has 2 atom stereocenters. The van der Waals surface area contributed by atoms with Crippen LogP contribution in [0.4, 0.5) is 4.79 Å². The number of carbonyl (C=O) groups is 1. The number of fused-ring (bicyclic) bond motifs is 2. The van der Waals surface area contributed by atoms with Gasteiger partial charge >= 0.3 is 6.09 Å². The molecule has 4 nitrogen and oxygen atoms in total. The van der Waals surface area contributed by atoms with Crippen molar-refractivity contribution in [1.29, 1.82) is 0 Å². The number of aromatic amines is 1. The highest BCUT2D eigenvalue weighted by atomic mass is 16.6. The zero-order chi connectivity index (χ0) is 18.3. The fourth-order valence-electron chi connectivity index (χ4n) is 3.90. The van der Waals surface area contributed by atoms with Gasteiger partial charge in [0.1, 0.15) is 5.60 Å². The average Bonchev–Trinajstić information content (AvgIpc) is 3.15. The zero-order valence-electron chi connectivity index (χ0n) is 15.4. The molecule has 1 aliphatic rings. The van der Waals surface area contributed by atoms with Gasteiger partial charge < -0.3 is 15.0 Å². The Morgan fingerprint density at radius 3 is 2.62 bits per heavy atom. The molecule has 1 amide bonds. The molecule has 2 aromatic carbocycles. The van der Waals surface area contributed by atoms with Crippen LogP contribution in [0.25, 0.3) is 10.9 Å². The van der Waals surface area contributed by atoms with Crippen LogP contribution in [0.15, 0.2) is 54.7 Å².